The van der Waals surface area contributed by atoms with Gasteiger partial charge in [-0.1, -0.05) is 18.1 Å². The van der Waals surface area contributed by atoms with E-state index in [1.165, 1.54) is 0 Å². The Kier molecular flexibility index (Phi) is 7.44. The Bertz CT molecular complexity index is 513. The molecule has 0 heterocycles. The molecule has 1 rings (SSSR count). The van der Waals surface area contributed by atoms with Gasteiger partial charge in [-0.25, -0.2) is 4.79 Å². The molecule has 5 heteroatoms. The van der Waals surface area contributed by atoms with Crippen molar-refractivity contribution in [2.24, 2.45) is 0 Å². The maximum absolute atomic E-state index is 11.7. The van der Waals surface area contributed by atoms with E-state index in [0.717, 1.165) is 5.56 Å². The van der Waals surface area contributed by atoms with Crippen LogP contribution in [-0.2, 0) is 20.7 Å². The highest BCUT2D eigenvalue weighted by atomic mass is 16.5. The van der Waals surface area contributed by atoms with E-state index in [-0.39, 0.29) is 6.61 Å². The maximum atomic E-state index is 11.7. The minimum Gasteiger partial charge on any atom is -0.481 e. The molecule has 0 radical (unpaired) electrons. The number of hydrogen-bond donors (Lipinski definition) is 1. The third kappa shape index (κ3) is 6.00. The number of carbonyl (C=O) groups is 2. The molecule has 1 aromatic carbocycles. The molecule has 0 aliphatic heterocycles. The van der Waals surface area contributed by atoms with Crippen LogP contribution < -0.4 is 10.1 Å². The highest BCUT2D eigenvalue weighted by Crippen LogP contribution is 2.13. The Hall–Kier alpha value is -2.48. The number of carbonyl (C=O) groups excluding carboxylic acids is 2. The molecule has 21 heavy (non-hydrogen) atoms. The Morgan fingerprint density at radius 3 is 2.67 bits per heavy atom. The molecule has 0 aromatic heterocycles. The van der Waals surface area contributed by atoms with Gasteiger partial charge in [0.15, 0.2) is 0 Å². The van der Waals surface area contributed by atoms with Crippen LogP contribution in [0.1, 0.15) is 19.4 Å². The van der Waals surface area contributed by atoms with Crippen molar-refractivity contribution < 1.29 is 19.1 Å². The second-order valence-electron chi connectivity index (χ2n) is 4.15. The lowest BCUT2D eigenvalue weighted by molar-refractivity contribution is -0.146. The van der Waals surface area contributed by atoms with Crippen molar-refractivity contribution in [3.63, 3.8) is 0 Å². The molecule has 0 spiro atoms. The third-order valence-electron chi connectivity index (χ3n) is 2.69. The summed E-state index contributed by atoms with van der Waals surface area (Å²) in [6, 6.07) is 6.60. The predicted octanol–water partition coefficient (Wildman–Crippen LogP) is 1.31. The highest BCUT2D eigenvalue weighted by Gasteiger charge is 2.19. The Balaban J connectivity index is 2.64. The van der Waals surface area contributed by atoms with Crippen molar-refractivity contribution in [3.8, 4) is 17.6 Å². The van der Waals surface area contributed by atoms with Gasteiger partial charge in [-0.2, -0.15) is 0 Å². The van der Waals surface area contributed by atoms with Crippen LogP contribution in [0.3, 0.4) is 0 Å². The highest BCUT2D eigenvalue weighted by molar-refractivity contribution is 5.78. The molecule has 1 N–H and O–H groups in total. The van der Waals surface area contributed by atoms with E-state index in [1.807, 2.05) is 12.1 Å². The molecule has 0 unspecified atom stereocenters. The van der Waals surface area contributed by atoms with Crippen LogP contribution in [0.2, 0.25) is 0 Å². The van der Waals surface area contributed by atoms with E-state index in [9.17, 15) is 9.59 Å². The number of ether oxygens (including phenoxy) is 2. The van der Waals surface area contributed by atoms with Crippen molar-refractivity contribution in [1.82, 2.24) is 5.32 Å². The zero-order valence-electron chi connectivity index (χ0n) is 12.2. The predicted molar refractivity (Wildman–Crippen MR) is 78.7 cm³/mol. The third-order valence-corrected chi connectivity index (χ3v) is 2.69. The number of nitrogens with one attached hydrogen (secondary N) is 1. The molecular weight excluding hydrogens is 270 g/mol. The monoisotopic (exact) mass is 289 g/mol. The van der Waals surface area contributed by atoms with Gasteiger partial charge in [-0.15, -0.1) is 5.92 Å². The van der Waals surface area contributed by atoms with Crippen LogP contribution in [0.5, 0.6) is 5.75 Å². The molecule has 112 valence electrons. The van der Waals surface area contributed by atoms with Gasteiger partial charge in [0.25, 0.3) is 0 Å². The second kappa shape index (κ2) is 9.43. The van der Waals surface area contributed by atoms with E-state index >= 15 is 0 Å². The normalized spacial score (nSPS) is 10.8. The van der Waals surface area contributed by atoms with Crippen molar-refractivity contribution in [1.29, 1.82) is 0 Å². The molecular formula is C16H19NO4. The minimum absolute atomic E-state index is 0.279. The molecule has 1 aromatic rings. The van der Waals surface area contributed by atoms with Gasteiger partial charge in [-0.3, -0.25) is 4.79 Å². The number of rotatable bonds is 8. The summed E-state index contributed by atoms with van der Waals surface area (Å²) >= 11 is 0. The zero-order valence-corrected chi connectivity index (χ0v) is 12.2. The van der Waals surface area contributed by atoms with Gasteiger partial charge in [0.2, 0.25) is 6.41 Å². The largest absolute Gasteiger partial charge is 0.481 e. The Morgan fingerprint density at radius 2 is 2.10 bits per heavy atom. The summed E-state index contributed by atoms with van der Waals surface area (Å²) in [6.07, 6.45) is 0.870. The van der Waals surface area contributed by atoms with Gasteiger partial charge in [0.1, 0.15) is 18.4 Å². The van der Waals surface area contributed by atoms with E-state index in [1.54, 1.807) is 26.0 Å². The summed E-state index contributed by atoms with van der Waals surface area (Å²) in [5.74, 6) is 5.82. The molecule has 1 atom stereocenters. The molecule has 0 aliphatic rings. The van der Waals surface area contributed by atoms with E-state index < -0.39 is 12.0 Å². The first-order chi connectivity index (χ1) is 10.2. The van der Waals surface area contributed by atoms with Crippen LogP contribution >= 0.6 is 0 Å². The van der Waals surface area contributed by atoms with Crippen LogP contribution in [0.15, 0.2) is 24.3 Å². The quantitative estimate of drug-likeness (QED) is 0.445. The maximum Gasteiger partial charge on any atom is 0.328 e. The summed E-state index contributed by atoms with van der Waals surface area (Å²) < 4.78 is 10.3. The van der Waals surface area contributed by atoms with Gasteiger partial charge >= 0.3 is 5.97 Å². The lowest BCUT2D eigenvalue weighted by Gasteiger charge is -2.14. The first kappa shape index (κ1) is 16.6. The summed E-state index contributed by atoms with van der Waals surface area (Å²) in [7, 11) is 0. The first-order valence-corrected chi connectivity index (χ1v) is 6.69. The first-order valence-electron chi connectivity index (χ1n) is 6.69. The number of hydrogen-bond acceptors (Lipinski definition) is 4. The summed E-state index contributed by atoms with van der Waals surface area (Å²) in [4.78, 5) is 22.3. The molecule has 0 saturated heterocycles. The standard InChI is InChI=1S/C16H19NO4/c1-3-5-10-21-14-8-6-13(7-9-14)11-15(17-12-18)16(19)20-4-2/h6-9,12,15H,4,10-11H2,1-2H3,(H,17,18)/t15-/m0/s1. The smallest absolute Gasteiger partial charge is 0.328 e. The van der Waals surface area contributed by atoms with E-state index in [2.05, 4.69) is 17.2 Å². The lowest BCUT2D eigenvalue weighted by Crippen LogP contribution is -2.39. The average molecular weight is 289 g/mol. The van der Waals surface area contributed by atoms with Crippen molar-refractivity contribution >= 4 is 12.4 Å². The van der Waals surface area contributed by atoms with Crippen molar-refractivity contribution in [2.75, 3.05) is 13.2 Å². The average Bonchev–Trinajstić information content (AvgIpc) is 2.49. The summed E-state index contributed by atoms with van der Waals surface area (Å²) in [6.45, 7) is 4.10. The Morgan fingerprint density at radius 1 is 1.38 bits per heavy atom. The van der Waals surface area contributed by atoms with E-state index in [4.69, 9.17) is 9.47 Å². The SMILES string of the molecule is CC#CCOc1ccc(C[C@H](NC=O)C(=O)OCC)cc1. The molecule has 0 fully saturated rings. The van der Waals surface area contributed by atoms with Gasteiger partial charge < -0.3 is 14.8 Å². The molecule has 0 bridgehead atoms. The molecule has 5 nitrogen and oxygen atoms in total. The number of amides is 1. The fraction of sp³-hybridized carbons (Fsp3) is 0.375. The minimum atomic E-state index is -0.680. The van der Waals surface area contributed by atoms with Crippen LogP contribution in [-0.4, -0.2) is 31.6 Å². The molecule has 1 amide bonds. The summed E-state index contributed by atoms with van der Waals surface area (Å²) in [5.41, 5.74) is 0.899. The fourth-order valence-electron chi connectivity index (χ4n) is 1.68. The topological polar surface area (TPSA) is 64.6 Å². The number of benzene rings is 1. The van der Waals surface area contributed by atoms with Crippen LogP contribution in [0.25, 0.3) is 0 Å². The molecule has 0 saturated carbocycles. The van der Waals surface area contributed by atoms with Gasteiger partial charge in [-0.05, 0) is 31.5 Å². The fourth-order valence-corrected chi connectivity index (χ4v) is 1.68. The van der Waals surface area contributed by atoms with Crippen LogP contribution in [0, 0.1) is 11.8 Å². The van der Waals surface area contributed by atoms with Crippen molar-refractivity contribution in [2.45, 2.75) is 26.3 Å². The van der Waals surface area contributed by atoms with Gasteiger partial charge in [0.05, 0.1) is 6.61 Å². The molecule has 0 aliphatic carbocycles. The zero-order chi connectivity index (χ0) is 15.5. The van der Waals surface area contributed by atoms with E-state index in [0.29, 0.717) is 25.2 Å². The van der Waals surface area contributed by atoms with Crippen LogP contribution in [0.4, 0.5) is 0 Å². The van der Waals surface area contributed by atoms with Crippen molar-refractivity contribution in [3.05, 3.63) is 29.8 Å². The number of esters is 1. The second-order valence-corrected chi connectivity index (χ2v) is 4.15. The summed E-state index contributed by atoms with van der Waals surface area (Å²) in [5, 5.41) is 2.47. The lowest BCUT2D eigenvalue weighted by atomic mass is 10.1. The van der Waals surface area contributed by atoms with Gasteiger partial charge in [0, 0.05) is 6.42 Å². The Labute approximate surface area is 124 Å².